The Kier molecular flexibility index (Phi) is 6.25. The van der Waals surface area contributed by atoms with Crippen LogP contribution < -0.4 is 17.0 Å². The number of alkyl halides is 1. The predicted octanol–water partition coefficient (Wildman–Crippen LogP) is -1.68. The second-order valence-electron chi connectivity index (χ2n) is 3.25. The number of halogens is 2. The SMILES string of the molecule is CC(Cl)C[N+](C)(C)C.[Br-]. The molecule has 0 radical (unpaired) electrons. The van der Waals surface area contributed by atoms with E-state index in [1.807, 2.05) is 6.92 Å². The molecule has 58 valence electrons. The molecular weight excluding hydrogens is 201 g/mol. The molecule has 0 saturated carbocycles. The summed E-state index contributed by atoms with van der Waals surface area (Å²) in [6.45, 7) is 3.05. The Morgan fingerprint density at radius 2 is 1.67 bits per heavy atom. The van der Waals surface area contributed by atoms with E-state index in [9.17, 15) is 0 Å². The lowest BCUT2D eigenvalue weighted by Crippen LogP contribution is -3.00. The summed E-state index contributed by atoms with van der Waals surface area (Å²) in [5, 5.41) is 0.287. The van der Waals surface area contributed by atoms with Gasteiger partial charge >= 0.3 is 0 Å². The van der Waals surface area contributed by atoms with Crippen LogP contribution in [-0.4, -0.2) is 37.5 Å². The first-order valence-corrected chi connectivity index (χ1v) is 3.30. The predicted molar refractivity (Wildman–Crippen MR) is 38.2 cm³/mol. The van der Waals surface area contributed by atoms with Crippen LogP contribution in [0.3, 0.4) is 0 Å². The lowest BCUT2D eigenvalue weighted by atomic mass is 10.4. The first-order chi connectivity index (χ1) is 3.42. The van der Waals surface area contributed by atoms with Gasteiger partial charge in [0.2, 0.25) is 0 Å². The van der Waals surface area contributed by atoms with E-state index < -0.39 is 0 Å². The molecule has 0 aromatic carbocycles. The van der Waals surface area contributed by atoms with Crippen molar-refractivity contribution in [2.24, 2.45) is 0 Å². The molecule has 1 atom stereocenters. The second-order valence-corrected chi connectivity index (χ2v) is 4.00. The Bertz CT molecular complexity index is 67.9. The van der Waals surface area contributed by atoms with Crippen LogP contribution in [0.5, 0.6) is 0 Å². The van der Waals surface area contributed by atoms with Gasteiger partial charge < -0.3 is 21.5 Å². The van der Waals surface area contributed by atoms with Crippen molar-refractivity contribution < 1.29 is 21.5 Å². The molecule has 0 aliphatic rings. The van der Waals surface area contributed by atoms with Crippen LogP contribution in [-0.2, 0) is 0 Å². The zero-order valence-electron chi connectivity index (χ0n) is 6.49. The molecule has 0 N–H and O–H groups in total. The second kappa shape index (κ2) is 4.53. The number of hydrogen-bond donors (Lipinski definition) is 0. The van der Waals surface area contributed by atoms with Crippen molar-refractivity contribution in [3.63, 3.8) is 0 Å². The number of rotatable bonds is 2. The maximum absolute atomic E-state index is 5.75. The van der Waals surface area contributed by atoms with Crippen molar-refractivity contribution in [3.05, 3.63) is 0 Å². The van der Waals surface area contributed by atoms with Crippen LogP contribution >= 0.6 is 11.6 Å². The third-order valence-corrected chi connectivity index (χ3v) is 0.937. The van der Waals surface area contributed by atoms with Gasteiger partial charge in [0.05, 0.1) is 33.1 Å². The molecule has 1 nitrogen and oxygen atoms in total. The Balaban J connectivity index is 0. The monoisotopic (exact) mass is 215 g/mol. The third-order valence-electron chi connectivity index (χ3n) is 0.799. The number of hydrogen-bond acceptors (Lipinski definition) is 0. The van der Waals surface area contributed by atoms with E-state index in [4.69, 9.17) is 11.6 Å². The maximum atomic E-state index is 5.75. The fourth-order valence-electron chi connectivity index (χ4n) is 0.755. The third kappa shape index (κ3) is 12.0. The Morgan fingerprint density at radius 1 is 1.33 bits per heavy atom. The van der Waals surface area contributed by atoms with Gasteiger partial charge in [0.1, 0.15) is 0 Å². The van der Waals surface area contributed by atoms with E-state index in [-0.39, 0.29) is 22.4 Å². The standard InChI is InChI=1S/C6H15ClN.BrH/c1-6(7)5-8(2,3)4;/h6H,5H2,1-4H3;1H/q+1;/p-1. The van der Waals surface area contributed by atoms with Gasteiger partial charge in [-0.2, -0.15) is 0 Å². The van der Waals surface area contributed by atoms with Gasteiger partial charge in [0.15, 0.2) is 0 Å². The normalized spacial score (nSPS) is 14.3. The van der Waals surface area contributed by atoms with E-state index in [0.717, 1.165) is 11.0 Å². The quantitative estimate of drug-likeness (QED) is 0.382. The zero-order valence-corrected chi connectivity index (χ0v) is 8.83. The summed E-state index contributed by atoms with van der Waals surface area (Å²) in [5.41, 5.74) is 0. The molecule has 0 spiro atoms. The van der Waals surface area contributed by atoms with Crippen LogP contribution in [0.1, 0.15) is 6.92 Å². The lowest BCUT2D eigenvalue weighted by Gasteiger charge is -2.24. The van der Waals surface area contributed by atoms with Crippen LogP contribution in [0.2, 0.25) is 0 Å². The molecular formula is C6H15BrClN. The van der Waals surface area contributed by atoms with Gasteiger partial charge in [-0.3, -0.25) is 0 Å². The molecule has 0 aromatic rings. The van der Waals surface area contributed by atoms with Crippen molar-refractivity contribution in [1.82, 2.24) is 0 Å². The average Bonchev–Trinajstić information content (AvgIpc) is 1.21. The minimum absolute atomic E-state index is 0. The molecule has 1 unspecified atom stereocenters. The summed E-state index contributed by atoms with van der Waals surface area (Å²) < 4.78 is 0.949. The molecule has 0 aromatic heterocycles. The summed E-state index contributed by atoms with van der Waals surface area (Å²) >= 11 is 5.75. The fraction of sp³-hybridized carbons (Fsp3) is 1.00. The topological polar surface area (TPSA) is 0 Å². The van der Waals surface area contributed by atoms with Gasteiger partial charge in [-0.25, -0.2) is 0 Å². The molecule has 9 heavy (non-hydrogen) atoms. The van der Waals surface area contributed by atoms with Gasteiger partial charge in [-0.1, -0.05) is 0 Å². The van der Waals surface area contributed by atoms with Crippen molar-refractivity contribution in [2.75, 3.05) is 27.7 Å². The highest BCUT2D eigenvalue weighted by Crippen LogP contribution is 1.99. The molecule has 0 aliphatic carbocycles. The maximum Gasteiger partial charge on any atom is 0.0944 e. The largest absolute Gasteiger partial charge is 1.00 e. The van der Waals surface area contributed by atoms with E-state index in [2.05, 4.69) is 21.1 Å². The molecule has 0 aliphatic heterocycles. The molecule has 0 heterocycles. The number of nitrogens with zero attached hydrogens (tertiary/aromatic N) is 1. The molecule has 3 heteroatoms. The van der Waals surface area contributed by atoms with Crippen molar-refractivity contribution in [1.29, 1.82) is 0 Å². The molecule has 0 rings (SSSR count). The van der Waals surface area contributed by atoms with Crippen molar-refractivity contribution in [2.45, 2.75) is 12.3 Å². The fourth-order valence-corrected chi connectivity index (χ4v) is 1.17. The molecule has 0 fully saturated rings. The van der Waals surface area contributed by atoms with E-state index in [1.165, 1.54) is 0 Å². The molecule has 0 saturated heterocycles. The minimum atomic E-state index is 0. The highest BCUT2D eigenvalue weighted by atomic mass is 79.9. The van der Waals surface area contributed by atoms with Crippen molar-refractivity contribution in [3.8, 4) is 0 Å². The zero-order chi connectivity index (χ0) is 6.78. The van der Waals surface area contributed by atoms with Crippen LogP contribution in [0, 0.1) is 0 Å². The average molecular weight is 217 g/mol. The Labute approximate surface area is 73.3 Å². The Morgan fingerprint density at radius 3 is 1.67 bits per heavy atom. The van der Waals surface area contributed by atoms with Gasteiger partial charge in [-0.15, -0.1) is 11.6 Å². The van der Waals surface area contributed by atoms with Crippen molar-refractivity contribution >= 4 is 11.6 Å². The first kappa shape index (κ1) is 12.4. The summed E-state index contributed by atoms with van der Waals surface area (Å²) in [4.78, 5) is 0. The Hall–Kier alpha value is 0.730. The van der Waals surface area contributed by atoms with Gasteiger partial charge in [0.25, 0.3) is 0 Å². The minimum Gasteiger partial charge on any atom is -1.00 e. The first-order valence-electron chi connectivity index (χ1n) is 2.86. The lowest BCUT2D eigenvalue weighted by molar-refractivity contribution is -0.869. The highest BCUT2D eigenvalue weighted by Gasteiger charge is 2.09. The van der Waals surface area contributed by atoms with E-state index in [0.29, 0.717) is 0 Å². The highest BCUT2D eigenvalue weighted by molar-refractivity contribution is 6.20. The van der Waals surface area contributed by atoms with Gasteiger partial charge in [-0.05, 0) is 6.92 Å². The molecule has 0 bridgehead atoms. The van der Waals surface area contributed by atoms with Crippen LogP contribution in [0.15, 0.2) is 0 Å². The van der Waals surface area contributed by atoms with Crippen LogP contribution in [0.25, 0.3) is 0 Å². The van der Waals surface area contributed by atoms with E-state index in [1.54, 1.807) is 0 Å². The van der Waals surface area contributed by atoms with E-state index >= 15 is 0 Å². The van der Waals surface area contributed by atoms with Crippen LogP contribution in [0.4, 0.5) is 0 Å². The summed E-state index contributed by atoms with van der Waals surface area (Å²) in [6.07, 6.45) is 0. The number of quaternary nitrogens is 1. The summed E-state index contributed by atoms with van der Waals surface area (Å²) in [5.74, 6) is 0. The van der Waals surface area contributed by atoms with Gasteiger partial charge in [0, 0.05) is 0 Å². The summed E-state index contributed by atoms with van der Waals surface area (Å²) in [6, 6.07) is 0. The molecule has 0 amide bonds. The smallest absolute Gasteiger partial charge is 0.0944 e. The summed E-state index contributed by atoms with van der Waals surface area (Å²) in [7, 11) is 6.41.